The summed E-state index contributed by atoms with van der Waals surface area (Å²) in [5.74, 6) is 5.43. The van der Waals surface area contributed by atoms with E-state index in [-0.39, 0.29) is 0 Å². The van der Waals surface area contributed by atoms with Gasteiger partial charge in [0.1, 0.15) is 0 Å². The number of hydrogen-bond donors (Lipinski definition) is 1. The van der Waals surface area contributed by atoms with Crippen LogP contribution in [0.3, 0.4) is 0 Å². The van der Waals surface area contributed by atoms with Crippen molar-refractivity contribution in [1.29, 1.82) is 0 Å². The standard InChI is InChI=1S/C10H13ClN2O/c1-13-5-7(6-14-12)9-4-8(11)2-3-10(9)13/h2-4,7H,5-6,12H2,1H3. The largest absolute Gasteiger partial charge is 0.374 e. The van der Waals surface area contributed by atoms with Gasteiger partial charge in [0.25, 0.3) is 0 Å². The number of likely N-dealkylation sites (N-methyl/N-ethyl adjacent to an activating group) is 1. The van der Waals surface area contributed by atoms with Gasteiger partial charge in [0.05, 0.1) is 6.61 Å². The number of nitrogens with zero attached hydrogens (tertiary/aromatic N) is 1. The fraction of sp³-hybridized carbons (Fsp3) is 0.400. The molecule has 1 unspecified atom stereocenters. The van der Waals surface area contributed by atoms with Crippen molar-refractivity contribution < 1.29 is 4.84 Å². The molecule has 2 N–H and O–H groups in total. The lowest BCUT2D eigenvalue weighted by Gasteiger charge is -2.11. The molecule has 0 radical (unpaired) electrons. The van der Waals surface area contributed by atoms with Crippen LogP contribution < -0.4 is 10.8 Å². The maximum atomic E-state index is 5.95. The predicted molar refractivity (Wildman–Crippen MR) is 57.6 cm³/mol. The van der Waals surface area contributed by atoms with Crippen LogP contribution in [0.25, 0.3) is 0 Å². The normalized spacial score (nSPS) is 19.9. The van der Waals surface area contributed by atoms with E-state index < -0.39 is 0 Å². The Balaban J connectivity index is 2.35. The summed E-state index contributed by atoms with van der Waals surface area (Å²) in [6, 6.07) is 5.93. The highest BCUT2D eigenvalue weighted by Gasteiger charge is 2.26. The molecule has 14 heavy (non-hydrogen) atoms. The molecule has 2 rings (SSSR count). The van der Waals surface area contributed by atoms with Crippen molar-refractivity contribution in [3.05, 3.63) is 28.8 Å². The number of halogens is 1. The maximum Gasteiger partial charge on any atom is 0.0765 e. The van der Waals surface area contributed by atoms with Gasteiger partial charge < -0.3 is 9.74 Å². The van der Waals surface area contributed by atoms with Crippen molar-refractivity contribution >= 4 is 17.3 Å². The third kappa shape index (κ3) is 1.59. The number of fused-ring (bicyclic) bond motifs is 1. The predicted octanol–water partition coefficient (Wildman–Crippen LogP) is 1.76. The Labute approximate surface area is 88.4 Å². The first-order valence-corrected chi connectivity index (χ1v) is 4.92. The fourth-order valence-corrected chi connectivity index (χ4v) is 2.17. The average molecular weight is 213 g/mol. The molecule has 1 aromatic rings. The molecule has 0 saturated heterocycles. The second-order valence-corrected chi connectivity index (χ2v) is 4.05. The van der Waals surface area contributed by atoms with Crippen molar-refractivity contribution in [1.82, 2.24) is 0 Å². The van der Waals surface area contributed by atoms with Crippen molar-refractivity contribution in [3.63, 3.8) is 0 Å². The third-order valence-corrected chi connectivity index (χ3v) is 2.87. The molecule has 3 nitrogen and oxygen atoms in total. The molecule has 1 aliphatic rings. The van der Waals surface area contributed by atoms with E-state index in [0.29, 0.717) is 12.5 Å². The van der Waals surface area contributed by atoms with Crippen molar-refractivity contribution in [3.8, 4) is 0 Å². The number of rotatable bonds is 2. The molecular weight excluding hydrogens is 200 g/mol. The molecule has 0 spiro atoms. The molecule has 76 valence electrons. The SMILES string of the molecule is CN1CC(CON)c2cc(Cl)ccc21. The Bertz CT molecular complexity index is 343. The van der Waals surface area contributed by atoms with E-state index in [4.69, 9.17) is 22.3 Å². The molecule has 0 saturated carbocycles. The third-order valence-electron chi connectivity index (χ3n) is 2.63. The number of nitrogens with two attached hydrogens (primary N) is 1. The molecule has 0 bridgehead atoms. The highest BCUT2D eigenvalue weighted by atomic mass is 35.5. The summed E-state index contributed by atoms with van der Waals surface area (Å²) in [6.07, 6.45) is 0. The van der Waals surface area contributed by atoms with Crippen LogP contribution in [0.4, 0.5) is 5.69 Å². The van der Waals surface area contributed by atoms with Crippen LogP contribution in [0.5, 0.6) is 0 Å². The number of benzene rings is 1. The zero-order valence-corrected chi connectivity index (χ0v) is 8.79. The minimum atomic E-state index is 0.332. The van der Waals surface area contributed by atoms with E-state index in [1.54, 1.807) is 0 Å². The van der Waals surface area contributed by atoms with Gasteiger partial charge in [0.2, 0.25) is 0 Å². The topological polar surface area (TPSA) is 38.5 Å². The molecule has 1 atom stereocenters. The smallest absolute Gasteiger partial charge is 0.0765 e. The van der Waals surface area contributed by atoms with Gasteiger partial charge in [-0.15, -0.1) is 0 Å². The quantitative estimate of drug-likeness (QED) is 0.760. The van der Waals surface area contributed by atoms with E-state index >= 15 is 0 Å². The summed E-state index contributed by atoms with van der Waals surface area (Å²) in [5, 5.41) is 0.765. The number of anilines is 1. The second kappa shape index (κ2) is 3.77. The highest BCUT2D eigenvalue weighted by molar-refractivity contribution is 6.30. The lowest BCUT2D eigenvalue weighted by molar-refractivity contribution is 0.126. The minimum Gasteiger partial charge on any atom is -0.374 e. The van der Waals surface area contributed by atoms with Gasteiger partial charge in [-0.2, -0.15) is 0 Å². The Morgan fingerprint density at radius 1 is 1.64 bits per heavy atom. The lowest BCUT2D eigenvalue weighted by atomic mass is 10.0. The van der Waals surface area contributed by atoms with Crippen LogP contribution >= 0.6 is 11.6 Å². The summed E-state index contributed by atoms with van der Waals surface area (Å²) in [4.78, 5) is 6.89. The average Bonchev–Trinajstić information content (AvgIpc) is 2.44. The summed E-state index contributed by atoms with van der Waals surface area (Å²) >= 11 is 5.95. The molecule has 1 heterocycles. The molecule has 1 aliphatic heterocycles. The van der Waals surface area contributed by atoms with Crippen LogP contribution in [0.2, 0.25) is 5.02 Å². The van der Waals surface area contributed by atoms with E-state index in [2.05, 4.69) is 11.9 Å². The Morgan fingerprint density at radius 2 is 2.43 bits per heavy atom. The molecule has 0 aromatic heterocycles. The maximum absolute atomic E-state index is 5.95. The first-order valence-electron chi connectivity index (χ1n) is 4.54. The van der Waals surface area contributed by atoms with Crippen molar-refractivity contribution in [2.75, 3.05) is 25.1 Å². The van der Waals surface area contributed by atoms with Gasteiger partial charge in [0.15, 0.2) is 0 Å². The molecule has 0 amide bonds. The highest BCUT2D eigenvalue weighted by Crippen LogP contribution is 2.36. The zero-order valence-electron chi connectivity index (χ0n) is 8.03. The summed E-state index contributed by atoms with van der Waals surface area (Å²) in [6.45, 7) is 1.48. The molecular formula is C10H13ClN2O. The van der Waals surface area contributed by atoms with Crippen molar-refractivity contribution in [2.45, 2.75) is 5.92 Å². The summed E-state index contributed by atoms with van der Waals surface area (Å²) in [5.41, 5.74) is 2.45. The van der Waals surface area contributed by atoms with E-state index in [9.17, 15) is 0 Å². The lowest BCUT2D eigenvalue weighted by Crippen LogP contribution is -2.19. The van der Waals surface area contributed by atoms with Gasteiger partial charge in [0, 0.05) is 30.2 Å². The summed E-state index contributed by atoms with van der Waals surface area (Å²) in [7, 11) is 2.06. The zero-order chi connectivity index (χ0) is 10.1. The Morgan fingerprint density at radius 3 is 3.14 bits per heavy atom. The van der Waals surface area contributed by atoms with E-state index in [1.165, 1.54) is 11.3 Å². The Hall–Kier alpha value is -0.770. The molecule has 0 fully saturated rings. The van der Waals surface area contributed by atoms with Crippen LogP contribution in [-0.2, 0) is 4.84 Å². The van der Waals surface area contributed by atoms with Crippen LogP contribution in [0.1, 0.15) is 11.5 Å². The first kappa shape index (κ1) is 9.77. The Kier molecular flexibility index (Phi) is 2.63. The van der Waals surface area contributed by atoms with Gasteiger partial charge in [-0.05, 0) is 23.8 Å². The first-order chi connectivity index (χ1) is 6.72. The van der Waals surface area contributed by atoms with Crippen LogP contribution in [-0.4, -0.2) is 20.2 Å². The molecule has 0 aliphatic carbocycles. The summed E-state index contributed by atoms with van der Waals surface area (Å²) < 4.78 is 0. The van der Waals surface area contributed by atoms with Crippen LogP contribution in [0, 0.1) is 0 Å². The monoisotopic (exact) mass is 212 g/mol. The van der Waals surface area contributed by atoms with Gasteiger partial charge in [-0.25, -0.2) is 5.90 Å². The van der Waals surface area contributed by atoms with Gasteiger partial charge in [-0.3, -0.25) is 0 Å². The fourth-order valence-electron chi connectivity index (χ4n) is 1.99. The molecule has 4 heteroatoms. The van der Waals surface area contributed by atoms with Crippen molar-refractivity contribution in [2.24, 2.45) is 5.90 Å². The van der Waals surface area contributed by atoms with Gasteiger partial charge >= 0.3 is 0 Å². The minimum absolute atomic E-state index is 0.332. The van der Waals surface area contributed by atoms with Gasteiger partial charge in [-0.1, -0.05) is 11.6 Å². The number of hydrogen-bond acceptors (Lipinski definition) is 3. The van der Waals surface area contributed by atoms with Crippen LogP contribution in [0.15, 0.2) is 18.2 Å². The second-order valence-electron chi connectivity index (χ2n) is 3.61. The van der Waals surface area contributed by atoms with E-state index in [1.807, 2.05) is 18.2 Å². The molecule has 1 aromatic carbocycles. The van der Waals surface area contributed by atoms with E-state index in [0.717, 1.165) is 11.6 Å².